The summed E-state index contributed by atoms with van der Waals surface area (Å²) in [6.45, 7) is 13.2. The lowest BCUT2D eigenvalue weighted by atomic mass is 9.57. The molecule has 4 saturated carbocycles. The number of fused-ring (bicyclic) bond motifs is 8. The molecule has 124 heavy (non-hydrogen) atoms. The summed E-state index contributed by atoms with van der Waals surface area (Å²) in [7, 11) is 1.43. The number of alkyl halides is 3. The van der Waals surface area contributed by atoms with Crippen LogP contribution in [0.4, 0.5) is 35.1 Å². The maximum absolute atomic E-state index is 13.9. The first-order valence-corrected chi connectivity index (χ1v) is 43.7. The van der Waals surface area contributed by atoms with Gasteiger partial charge >= 0.3 is 6.18 Å². The van der Waals surface area contributed by atoms with Gasteiger partial charge in [-0.3, -0.25) is 0 Å². The highest BCUT2D eigenvalue weighted by Crippen LogP contribution is 2.60. The van der Waals surface area contributed by atoms with Crippen molar-refractivity contribution in [3.8, 4) is 28.5 Å². The van der Waals surface area contributed by atoms with Crippen molar-refractivity contribution in [3.63, 3.8) is 0 Å². The first-order chi connectivity index (χ1) is 59.6. The van der Waals surface area contributed by atoms with Gasteiger partial charge in [0.15, 0.2) is 11.6 Å². The number of thiophene rings is 1. The summed E-state index contributed by atoms with van der Waals surface area (Å²) in [4.78, 5) is 0. The highest BCUT2D eigenvalue weighted by Gasteiger charge is 2.52. The van der Waals surface area contributed by atoms with Crippen LogP contribution in [0.1, 0.15) is 196 Å². The van der Waals surface area contributed by atoms with E-state index in [1.165, 1.54) is 107 Å². The average molecular weight is 1700 g/mol. The summed E-state index contributed by atoms with van der Waals surface area (Å²) in [5, 5.41) is 67.5. The van der Waals surface area contributed by atoms with Crippen molar-refractivity contribution < 1.29 is 60.3 Å². The Morgan fingerprint density at radius 1 is 0.427 bits per heavy atom. The number of aromatic nitrogens is 8. The average Bonchev–Trinajstić information content (AvgIpc) is 1.39. The Balaban J connectivity index is 0.000000117. The van der Waals surface area contributed by atoms with E-state index in [1.807, 2.05) is 80.6 Å². The number of nitrogens with zero attached hydrogens (tertiary/aromatic N) is 8. The molecule has 0 saturated heterocycles. The number of hydrogen-bond donors (Lipinski definition) is 4. The van der Waals surface area contributed by atoms with E-state index in [1.54, 1.807) is 76.7 Å². The number of methoxy groups -OCH3 is 1. The molecule has 0 spiro atoms. The minimum absolute atomic E-state index is 0.0139. The fourth-order valence-corrected chi connectivity index (χ4v) is 22.1. The lowest BCUT2D eigenvalue weighted by Gasteiger charge is -2.48. The van der Waals surface area contributed by atoms with Crippen molar-refractivity contribution in [1.29, 1.82) is 0 Å². The molecule has 22 heteroatoms. The zero-order chi connectivity index (χ0) is 86.7. The lowest BCUT2D eigenvalue weighted by Crippen LogP contribution is -2.43. The number of benzene rings is 7. The van der Waals surface area contributed by atoms with Gasteiger partial charge in [0.2, 0.25) is 0 Å². The molecule has 13 nitrogen and oxygen atoms in total. The summed E-state index contributed by atoms with van der Waals surface area (Å²) in [5.74, 6) is -1.21. The number of allylic oxidation sites excluding steroid dienone is 4. The van der Waals surface area contributed by atoms with E-state index in [2.05, 4.69) is 84.4 Å². The molecular weight excluding hydrogens is 1600 g/mol. The van der Waals surface area contributed by atoms with Crippen LogP contribution in [0.3, 0.4) is 0 Å². The van der Waals surface area contributed by atoms with Crippen molar-refractivity contribution in [2.24, 2.45) is 45.3 Å². The van der Waals surface area contributed by atoms with E-state index in [-0.39, 0.29) is 74.3 Å². The van der Waals surface area contributed by atoms with Crippen molar-refractivity contribution >= 4 is 41.2 Å². The van der Waals surface area contributed by atoms with E-state index in [0.717, 1.165) is 182 Å². The summed E-state index contributed by atoms with van der Waals surface area (Å²) in [5.41, 5.74) is 19.7. The van der Waals surface area contributed by atoms with E-state index in [0.29, 0.717) is 17.5 Å². The van der Waals surface area contributed by atoms with Gasteiger partial charge in [-0.2, -0.15) is 44.9 Å². The van der Waals surface area contributed by atoms with Crippen LogP contribution in [0, 0.1) is 74.4 Å². The van der Waals surface area contributed by atoms with Gasteiger partial charge in [-0.05, 0) is 361 Å². The number of hydrogen-bond acceptors (Lipinski definition) is 10. The van der Waals surface area contributed by atoms with Crippen molar-refractivity contribution in [2.75, 3.05) is 7.11 Å². The molecule has 640 valence electrons. The molecule has 5 aromatic heterocycles. The predicted molar refractivity (Wildman–Crippen MR) is 468 cm³/mol. The summed E-state index contributed by atoms with van der Waals surface area (Å²) >= 11 is 1.64. The minimum atomic E-state index is -4.40. The smallest absolute Gasteiger partial charge is 0.416 e. The van der Waals surface area contributed by atoms with Crippen molar-refractivity contribution in [1.82, 2.24) is 39.1 Å². The second-order valence-corrected chi connectivity index (χ2v) is 36.3. The SMILES string of the molecule is C=C(c1ccccc1)[C@H](O)[C@H]1CCCC2=Cc3c(cnn3-c3ccc(F)cc3)C[C@@]21C.COc1cc([C@H](O)[C@H]2CCCC3=Cc4c(cnn4-c4ccc(F)cc4)C[C@@]32C)ccc1F.C[C@]12Cc3cnn(-c4ccc(F)cc4)c3C=C1CCC[C@@H]2[C@@H](O)c1ccc(C(F)(F)F)cc1.C[C@]12Cc3cnn(-c4ccc(F)cc4)c3C=C1CCC[C@@H]2[C@@H](O)c1ccsc1. The highest BCUT2D eigenvalue weighted by atomic mass is 32.1. The molecular formula is C102H100F8N8O5S. The predicted octanol–water partition coefficient (Wildman–Crippen LogP) is 23.5. The molecule has 8 aliphatic carbocycles. The molecule has 7 aromatic carbocycles. The summed E-state index contributed by atoms with van der Waals surface area (Å²) in [6, 6.07) is 46.9. The molecule has 0 bridgehead atoms. The molecule has 12 aromatic rings. The molecule has 0 radical (unpaired) electrons. The van der Waals surface area contributed by atoms with Crippen LogP contribution >= 0.6 is 11.3 Å². The van der Waals surface area contributed by atoms with Gasteiger partial charge in [-0.15, -0.1) is 0 Å². The Labute approximate surface area is 720 Å². The number of aliphatic hydroxyl groups is 4. The summed E-state index contributed by atoms with van der Waals surface area (Å²) < 4.78 is 119. The van der Waals surface area contributed by atoms with Crippen LogP contribution in [0.5, 0.6) is 5.75 Å². The summed E-state index contributed by atoms with van der Waals surface area (Å²) in [6.07, 6.45) is 24.1. The number of ether oxygens (including phenoxy) is 1. The normalized spacial score (nSPS) is 23.7. The van der Waals surface area contributed by atoms with Crippen LogP contribution in [0.2, 0.25) is 0 Å². The molecule has 0 aliphatic heterocycles. The van der Waals surface area contributed by atoms with Gasteiger partial charge in [0.1, 0.15) is 23.3 Å². The van der Waals surface area contributed by atoms with Gasteiger partial charge in [0.25, 0.3) is 0 Å². The van der Waals surface area contributed by atoms with Gasteiger partial charge in [0, 0.05) is 0 Å². The van der Waals surface area contributed by atoms with E-state index in [9.17, 15) is 55.5 Å². The zero-order valence-electron chi connectivity index (χ0n) is 69.9. The standard InChI is InChI=1S/C27H27FN2O.C26H24F4N2O.C26H26F2N2O2.C23H23FN2OS/c1-18(19-7-4-3-5-8-19)26(31)24-10-6-9-21-15-25-20(16-27(21,24)2)17-29-30(25)23-13-11-22(28)12-14-23;1-25-14-17-15-31-32(21-11-9-20(27)10-12-21)23(17)13-19(25)3-2-4-22(25)24(33)16-5-7-18(8-6-16)26(28,29)30;1-26-14-17-15-29-30(20-9-7-19(27)8-10-20)23(17)13-18(26)4-3-5-21(26)25(31)16-6-11-22(28)24(12-16)32-2;1-23-12-16-13-25-26(19-7-5-18(24)6-8-19)21(16)11-17(23)3-2-4-20(23)22(27)15-9-10-28-14-15/h3-5,7-8,11-15,17,24,26,31H,1,6,9-10,16H2,2H3;5-13,15,22,24,33H,2-4,14H2,1H3;6-13,15,21,25,31H,3-5,14H2,1-2H3;5-11,13-14,20,22,27H,2-4,12H2,1H3/t24-,26+,27+;22-,24+,25+;21-,25+,26+;20-,22+,23+/m1111/s1. The first kappa shape index (κ1) is 85.0. The molecule has 0 amide bonds. The topological polar surface area (TPSA) is 161 Å². The Morgan fingerprint density at radius 3 is 1.10 bits per heavy atom. The molecule has 20 rings (SSSR count). The largest absolute Gasteiger partial charge is 0.494 e. The third kappa shape index (κ3) is 16.3. The Kier molecular flexibility index (Phi) is 23.6. The zero-order valence-corrected chi connectivity index (χ0v) is 70.7. The highest BCUT2D eigenvalue weighted by molar-refractivity contribution is 7.08. The Morgan fingerprint density at radius 2 is 0.758 bits per heavy atom. The maximum atomic E-state index is 13.9. The molecule has 4 N–H and O–H groups in total. The second kappa shape index (κ2) is 34.4. The fraction of sp³-hybridized carbons (Fsp3) is 0.333. The maximum Gasteiger partial charge on any atom is 0.416 e. The van der Waals surface area contributed by atoms with Crippen LogP contribution in [-0.2, 0) is 31.9 Å². The Hall–Kier alpha value is -11.1. The van der Waals surface area contributed by atoms with Crippen LogP contribution in [0.15, 0.2) is 240 Å². The third-order valence-corrected chi connectivity index (χ3v) is 29.1. The van der Waals surface area contributed by atoms with E-state index >= 15 is 0 Å². The van der Waals surface area contributed by atoms with Crippen molar-refractivity contribution in [2.45, 2.75) is 161 Å². The number of halogens is 8. The molecule has 8 aliphatic rings. The third-order valence-electron chi connectivity index (χ3n) is 28.4. The van der Waals surface area contributed by atoms with E-state index < -0.39 is 42.0 Å². The van der Waals surface area contributed by atoms with Crippen LogP contribution < -0.4 is 4.74 Å². The van der Waals surface area contributed by atoms with Gasteiger partial charge in [0.05, 0.1) is 107 Å². The molecule has 4 fully saturated rings. The quantitative estimate of drug-likeness (QED) is 0.0777. The number of rotatable bonds is 14. The number of aliphatic hydroxyl groups excluding tert-OH is 4. The van der Waals surface area contributed by atoms with E-state index in [4.69, 9.17) is 4.74 Å². The van der Waals surface area contributed by atoms with Gasteiger partial charge < -0.3 is 25.2 Å². The Bertz CT molecular complexity index is 6010. The molecule has 0 unspecified atom stereocenters. The van der Waals surface area contributed by atoms with Crippen molar-refractivity contribution in [3.05, 3.63) is 342 Å². The molecule has 5 heterocycles. The van der Waals surface area contributed by atoms with Gasteiger partial charge in [-0.25, -0.2) is 40.7 Å². The second-order valence-electron chi connectivity index (χ2n) is 35.6. The van der Waals surface area contributed by atoms with Crippen LogP contribution in [0.25, 0.3) is 52.6 Å². The minimum Gasteiger partial charge on any atom is -0.494 e. The van der Waals surface area contributed by atoms with Gasteiger partial charge in [-0.1, -0.05) is 105 Å². The first-order valence-electron chi connectivity index (χ1n) is 42.8. The lowest BCUT2D eigenvalue weighted by molar-refractivity contribution is -0.137. The molecule has 12 atom stereocenters. The van der Waals surface area contributed by atoms with Crippen LogP contribution in [-0.4, -0.2) is 72.8 Å². The monoisotopic (exact) mass is 1700 g/mol. The fourth-order valence-electron chi connectivity index (χ4n) is 21.4.